The number of rotatable bonds is 4. The van der Waals surface area contributed by atoms with Crippen molar-refractivity contribution in [1.82, 2.24) is 0 Å². The van der Waals surface area contributed by atoms with Crippen LogP contribution in [0.5, 0.6) is 5.75 Å². The molecule has 0 unspecified atom stereocenters. The molecule has 0 aliphatic heterocycles. The van der Waals surface area contributed by atoms with Gasteiger partial charge < -0.3 is 10.4 Å². The van der Waals surface area contributed by atoms with Crippen molar-refractivity contribution in [3.63, 3.8) is 0 Å². The Morgan fingerprint density at radius 3 is 2.50 bits per heavy atom. The number of aromatic hydroxyl groups is 1. The van der Waals surface area contributed by atoms with Gasteiger partial charge >= 0.3 is 0 Å². The molecule has 0 aliphatic rings. The van der Waals surface area contributed by atoms with Crippen LogP contribution in [0.4, 0.5) is 11.4 Å². The molecule has 3 aromatic carbocycles. The molecule has 0 atom stereocenters. The average molecular weight is 402 g/mol. The number of nitrogens with one attached hydrogen (secondary N) is 1. The van der Waals surface area contributed by atoms with Gasteiger partial charge in [0, 0.05) is 22.5 Å². The smallest absolute Gasteiger partial charge is 0.295 e. The second kappa shape index (κ2) is 6.91. The predicted octanol–water partition coefficient (Wildman–Crippen LogP) is 3.26. The molecule has 0 aromatic heterocycles. The van der Waals surface area contributed by atoms with Gasteiger partial charge in [-0.1, -0.05) is 18.2 Å². The molecule has 0 aliphatic carbocycles. The number of nitrogens with zero attached hydrogens (tertiary/aromatic N) is 1. The number of nitro benzene ring substituents is 1. The Bertz CT molecular complexity index is 1240. The summed E-state index contributed by atoms with van der Waals surface area (Å²) in [6.45, 7) is 1.68. The van der Waals surface area contributed by atoms with Crippen LogP contribution in [0, 0.1) is 17.0 Å². The quantitative estimate of drug-likeness (QED) is 0.345. The number of phenols is 1. The summed E-state index contributed by atoms with van der Waals surface area (Å²) in [4.78, 5) is 22.6. The molecule has 0 fully saturated rings. The minimum atomic E-state index is -4.63. The van der Waals surface area contributed by atoms with Crippen molar-refractivity contribution >= 4 is 38.2 Å². The number of phenolic OH excluding ortho intramolecular Hbond substituents is 1. The highest BCUT2D eigenvalue weighted by molar-refractivity contribution is 7.86. The zero-order valence-corrected chi connectivity index (χ0v) is 15.2. The van der Waals surface area contributed by atoms with E-state index in [-0.39, 0.29) is 27.7 Å². The Labute approximate surface area is 159 Å². The highest BCUT2D eigenvalue weighted by atomic mass is 32.2. The third-order valence-corrected chi connectivity index (χ3v) is 5.00. The van der Waals surface area contributed by atoms with Gasteiger partial charge in [0.05, 0.1) is 4.92 Å². The Hall–Kier alpha value is -3.50. The number of aryl methyl sites for hydroxylation is 1. The SMILES string of the molecule is Cc1ccc([N+](=O)[O-])c(C(=O)Nc2ccc(S(=O)(=O)O)c3c(O)cccc23)c1. The fraction of sp³-hybridized carbons (Fsp3) is 0.0556. The van der Waals surface area contributed by atoms with Crippen LogP contribution in [0.25, 0.3) is 10.8 Å². The van der Waals surface area contributed by atoms with E-state index >= 15 is 0 Å². The Morgan fingerprint density at radius 2 is 1.86 bits per heavy atom. The molecule has 28 heavy (non-hydrogen) atoms. The van der Waals surface area contributed by atoms with Crippen LogP contribution in [0.2, 0.25) is 0 Å². The molecule has 9 nitrogen and oxygen atoms in total. The van der Waals surface area contributed by atoms with Crippen molar-refractivity contribution < 1.29 is 27.8 Å². The molecular formula is C18H14N2O7S. The molecular weight excluding hydrogens is 388 g/mol. The van der Waals surface area contributed by atoms with Crippen molar-refractivity contribution in [2.45, 2.75) is 11.8 Å². The molecule has 0 heterocycles. The normalized spacial score (nSPS) is 11.4. The number of anilines is 1. The van der Waals surface area contributed by atoms with E-state index < -0.39 is 31.6 Å². The minimum Gasteiger partial charge on any atom is -0.507 e. The van der Waals surface area contributed by atoms with E-state index in [1.54, 1.807) is 6.92 Å². The van der Waals surface area contributed by atoms with E-state index in [1.165, 1.54) is 42.5 Å². The van der Waals surface area contributed by atoms with Crippen LogP contribution in [0.1, 0.15) is 15.9 Å². The molecule has 3 N–H and O–H groups in total. The van der Waals surface area contributed by atoms with Gasteiger partial charge in [-0.15, -0.1) is 0 Å². The van der Waals surface area contributed by atoms with Gasteiger partial charge in [-0.2, -0.15) is 8.42 Å². The molecule has 3 rings (SSSR count). The van der Waals surface area contributed by atoms with Crippen LogP contribution >= 0.6 is 0 Å². The van der Waals surface area contributed by atoms with E-state index in [4.69, 9.17) is 0 Å². The summed E-state index contributed by atoms with van der Waals surface area (Å²) >= 11 is 0. The zero-order chi connectivity index (χ0) is 20.6. The van der Waals surface area contributed by atoms with Crippen molar-refractivity contribution in [3.05, 3.63) is 69.8 Å². The van der Waals surface area contributed by atoms with Crippen molar-refractivity contribution in [3.8, 4) is 5.75 Å². The lowest BCUT2D eigenvalue weighted by molar-refractivity contribution is -0.385. The Morgan fingerprint density at radius 1 is 1.14 bits per heavy atom. The van der Waals surface area contributed by atoms with Crippen molar-refractivity contribution in [2.75, 3.05) is 5.32 Å². The van der Waals surface area contributed by atoms with E-state index in [0.29, 0.717) is 5.56 Å². The van der Waals surface area contributed by atoms with E-state index in [9.17, 15) is 33.0 Å². The van der Waals surface area contributed by atoms with Gasteiger partial charge in [0.25, 0.3) is 21.7 Å². The van der Waals surface area contributed by atoms with Gasteiger partial charge in [0.15, 0.2) is 0 Å². The van der Waals surface area contributed by atoms with Gasteiger partial charge in [-0.25, -0.2) is 0 Å². The third-order valence-electron chi connectivity index (χ3n) is 4.10. The number of nitro groups is 1. The summed E-state index contributed by atoms with van der Waals surface area (Å²) in [5.74, 6) is -1.19. The number of carbonyl (C=O) groups excluding carboxylic acids is 1. The number of fused-ring (bicyclic) bond motifs is 1. The molecule has 0 saturated carbocycles. The molecule has 0 bridgehead atoms. The van der Waals surface area contributed by atoms with Crippen LogP contribution in [0.3, 0.4) is 0 Å². The fourth-order valence-electron chi connectivity index (χ4n) is 2.86. The molecule has 144 valence electrons. The highest BCUT2D eigenvalue weighted by Gasteiger charge is 2.23. The molecule has 1 amide bonds. The van der Waals surface area contributed by atoms with Gasteiger partial charge in [0.2, 0.25) is 0 Å². The van der Waals surface area contributed by atoms with Crippen LogP contribution in [-0.2, 0) is 10.1 Å². The first-order valence-corrected chi connectivity index (χ1v) is 9.32. The fourth-order valence-corrected chi connectivity index (χ4v) is 3.57. The van der Waals surface area contributed by atoms with Crippen molar-refractivity contribution in [2.24, 2.45) is 0 Å². The van der Waals surface area contributed by atoms with Gasteiger partial charge in [-0.3, -0.25) is 19.5 Å². The maximum Gasteiger partial charge on any atom is 0.295 e. The summed E-state index contributed by atoms with van der Waals surface area (Å²) in [6.07, 6.45) is 0. The number of hydrogen-bond donors (Lipinski definition) is 3. The topological polar surface area (TPSA) is 147 Å². The Balaban J connectivity index is 2.15. The summed E-state index contributed by atoms with van der Waals surface area (Å²) < 4.78 is 32.6. The van der Waals surface area contributed by atoms with Crippen LogP contribution in [-0.4, -0.2) is 28.9 Å². The average Bonchev–Trinajstić information content (AvgIpc) is 2.61. The first-order valence-electron chi connectivity index (χ1n) is 7.88. The van der Waals surface area contributed by atoms with E-state index in [2.05, 4.69) is 5.32 Å². The summed E-state index contributed by atoms with van der Waals surface area (Å²) in [6, 6.07) is 10.4. The monoisotopic (exact) mass is 402 g/mol. The maximum absolute atomic E-state index is 12.7. The highest BCUT2D eigenvalue weighted by Crippen LogP contribution is 2.36. The first-order chi connectivity index (χ1) is 13.1. The second-order valence-electron chi connectivity index (χ2n) is 6.02. The number of carbonyl (C=O) groups is 1. The minimum absolute atomic E-state index is 0.110. The Kier molecular flexibility index (Phi) is 4.75. The second-order valence-corrected chi connectivity index (χ2v) is 7.41. The van der Waals surface area contributed by atoms with Gasteiger partial charge in [0.1, 0.15) is 16.2 Å². The zero-order valence-electron chi connectivity index (χ0n) is 14.4. The lowest BCUT2D eigenvalue weighted by Gasteiger charge is -2.12. The standard InChI is InChI=1S/C18H14N2O7S/c1-10-5-7-14(20(23)24)12(9-10)18(22)19-13-6-8-16(28(25,26)27)17-11(13)3-2-4-15(17)21/h2-9,21H,1H3,(H,19,22)(H,25,26,27). The summed E-state index contributed by atoms with van der Waals surface area (Å²) in [5, 5.41) is 23.7. The van der Waals surface area contributed by atoms with Gasteiger partial charge in [-0.05, 0) is 36.8 Å². The molecule has 10 heteroatoms. The maximum atomic E-state index is 12.7. The van der Waals surface area contributed by atoms with E-state index in [1.807, 2.05) is 0 Å². The number of hydrogen-bond acceptors (Lipinski definition) is 6. The molecule has 0 radical (unpaired) electrons. The number of benzene rings is 3. The first kappa shape index (κ1) is 19.3. The number of amides is 1. The van der Waals surface area contributed by atoms with Crippen LogP contribution in [0.15, 0.2) is 53.4 Å². The lowest BCUT2D eigenvalue weighted by Crippen LogP contribution is -2.15. The largest absolute Gasteiger partial charge is 0.507 e. The van der Waals surface area contributed by atoms with Crippen molar-refractivity contribution in [1.29, 1.82) is 0 Å². The molecule has 0 saturated heterocycles. The lowest BCUT2D eigenvalue weighted by atomic mass is 10.1. The predicted molar refractivity (Wildman–Crippen MR) is 101 cm³/mol. The molecule has 0 spiro atoms. The van der Waals surface area contributed by atoms with E-state index in [0.717, 1.165) is 6.07 Å². The summed E-state index contributed by atoms with van der Waals surface area (Å²) in [7, 11) is -4.63. The van der Waals surface area contributed by atoms with Crippen LogP contribution < -0.4 is 5.32 Å². The third kappa shape index (κ3) is 3.50. The molecule has 3 aromatic rings. The summed E-state index contributed by atoms with van der Waals surface area (Å²) in [5.41, 5.74) is 0.195.